The van der Waals surface area contributed by atoms with Crippen LogP contribution in [-0.2, 0) is 12.0 Å². The molecule has 0 spiro atoms. The van der Waals surface area contributed by atoms with E-state index in [-0.39, 0.29) is 22.0 Å². The van der Waals surface area contributed by atoms with Crippen molar-refractivity contribution in [2.24, 2.45) is 0 Å². The molecule has 0 aliphatic carbocycles. The number of aromatic nitrogens is 4. The number of ketones is 1. The van der Waals surface area contributed by atoms with Crippen molar-refractivity contribution in [1.82, 2.24) is 19.2 Å². The van der Waals surface area contributed by atoms with Crippen molar-refractivity contribution in [2.75, 3.05) is 0 Å². The maximum atomic E-state index is 13.1. The van der Waals surface area contributed by atoms with Gasteiger partial charge in [-0.15, -0.1) is 10.2 Å². The Morgan fingerprint density at radius 3 is 2.41 bits per heavy atom. The maximum Gasteiger partial charge on any atom is 0.262 e. The van der Waals surface area contributed by atoms with Gasteiger partial charge in [-0.25, -0.2) is 0 Å². The number of rotatable bonds is 6. The molecule has 4 aromatic rings. The van der Waals surface area contributed by atoms with Crippen LogP contribution in [0.2, 0.25) is 0 Å². The molecule has 4 rings (SSSR count). The Balaban J connectivity index is 1.71. The zero-order valence-corrected chi connectivity index (χ0v) is 19.9. The first kappa shape index (κ1) is 22.3. The summed E-state index contributed by atoms with van der Waals surface area (Å²) in [5, 5.41) is 9.54. The van der Waals surface area contributed by atoms with Gasteiger partial charge in [-0.3, -0.25) is 18.6 Å². The van der Waals surface area contributed by atoms with E-state index in [2.05, 4.69) is 31.0 Å². The van der Waals surface area contributed by atoms with Gasteiger partial charge < -0.3 is 0 Å². The lowest BCUT2D eigenvalue weighted by atomic mass is 9.86. The zero-order chi connectivity index (χ0) is 23.0. The van der Waals surface area contributed by atoms with Gasteiger partial charge in [-0.2, -0.15) is 0 Å². The summed E-state index contributed by atoms with van der Waals surface area (Å²) in [6, 6.07) is 15.3. The van der Waals surface area contributed by atoms with Crippen LogP contribution in [0.1, 0.15) is 57.0 Å². The van der Waals surface area contributed by atoms with Crippen molar-refractivity contribution in [3.63, 3.8) is 0 Å². The number of hydrogen-bond acceptors (Lipinski definition) is 5. The Kier molecular flexibility index (Phi) is 5.95. The van der Waals surface area contributed by atoms with Crippen LogP contribution in [-0.4, -0.2) is 30.2 Å². The number of carbonyl (C=O) groups is 1. The molecule has 0 radical (unpaired) electrons. The average Bonchev–Trinajstić information content (AvgIpc) is 3.19. The Bertz CT molecular complexity index is 1350. The average molecular weight is 449 g/mol. The van der Waals surface area contributed by atoms with Gasteiger partial charge in [-0.1, -0.05) is 75.9 Å². The molecule has 32 heavy (non-hydrogen) atoms. The Labute approximate surface area is 191 Å². The van der Waals surface area contributed by atoms with Crippen LogP contribution < -0.4 is 5.56 Å². The molecule has 0 fully saturated rings. The van der Waals surface area contributed by atoms with Crippen LogP contribution in [0.15, 0.2) is 58.5 Å². The fraction of sp³-hybridized carbons (Fsp3) is 0.360. The summed E-state index contributed by atoms with van der Waals surface area (Å²) >= 11 is 1.36. The molecule has 166 valence electrons. The second-order valence-electron chi connectivity index (χ2n) is 9.04. The van der Waals surface area contributed by atoms with E-state index in [4.69, 9.17) is 0 Å². The van der Waals surface area contributed by atoms with E-state index in [1.807, 2.05) is 66.8 Å². The first-order chi connectivity index (χ1) is 15.2. The number of carbonyl (C=O) groups excluding carboxylic acids is 1. The molecule has 0 aliphatic rings. The number of benzene rings is 2. The van der Waals surface area contributed by atoms with Gasteiger partial charge in [0.05, 0.1) is 16.2 Å². The lowest BCUT2D eigenvalue weighted by molar-refractivity contribution is 0.0994. The second-order valence-corrected chi connectivity index (χ2v) is 10.4. The molecule has 0 amide bonds. The predicted molar refractivity (Wildman–Crippen MR) is 130 cm³/mol. The van der Waals surface area contributed by atoms with E-state index in [0.29, 0.717) is 28.4 Å². The third kappa shape index (κ3) is 3.97. The van der Waals surface area contributed by atoms with Gasteiger partial charge in [0.2, 0.25) is 5.78 Å². The van der Waals surface area contributed by atoms with Crippen molar-refractivity contribution < 1.29 is 4.79 Å². The van der Waals surface area contributed by atoms with E-state index in [0.717, 1.165) is 11.9 Å². The summed E-state index contributed by atoms with van der Waals surface area (Å²) in [5.41, 5.74) is 2.60. The van der Waals surface area contributed by atoms with Crippen LogP contribution in [0, 0.1) is 0 Å². The maximum absolute atomic E-state index is 13.1. The first-order valence-corrected chi connectivity index (χ1v) is 11.8. The number of aryl methyl sites for hydroxylation is 1. The molecular formula is C25H28N4O2S. The highest BCUT2D eigenvalue weighted by atomic mass is 32.2. The minimum atomic E-state index is -0.354. The number of fused-ring (bicyclic) bond motifs is 3. The fourth-order valence-corrected chi connectivity index (χ4v) is 4.75. The highest BCUT2D eigenvalue weighted by molar-refractivity contribution is 8.00. The molecule has 0 aliphatic heterocycles. The van der Waals surface area contributed by atoms with Crippen molar-refractivity contribution >= 4 is 34.2 Å². The van der Waals surface area contributed by atoms with Crippen molar-refractivity contribution in [3.05, 3.63) is 70.0 Å². The zero-order valence-electron chi connectivity index (χ0n) is 19.1. The number of para-hydroxylation sites is 1. The van der Waals surface area contributed by atoms with Crippen LogP contribution in [0.25, 0.3) is 16.7 Å². The third-order valence-electron chi connectivity index (χ3n) is 5.61. The molecular weight excluding hydrogens is 420 g/mol. The summed E-state index contributed by atoms with van der Waals surface area (Å²) in [4.78, 5) is 26.1. The van der Waals surface area contributed by atoms with Crippen molar-refractivity contribution in [2.45, 2.75) is 63.4 Å². The fourth-order valence-electron chi connectivity index (χ4n) is 3.82. The number of nitrogens with zero attached hydrogens (tertiary/aromatic N) is 4. The van der Waals surface area contributed by atoms with E-state index >= 15 is 0 Å². The highest BCUT2D eigenvalue weighted by Gasteiger charge is 2.23. The summed E-state index contributed by atoms with van der Waals surface area (Å²) in [5.74, 6) is 0.547. The van der Waals surface area contributed by atoms with Gasteiger partial charge in [-0.05, 0) is 36.5 Å². The van der Waals surface area contributed by atoms with E-state index in [1.165, 1.54) is 17.3 Å². The molecule has 6 nitrogen and oxygen atoms in total. The topological polar surface area (TPSA) is 69.3 Å². The molecule has 2 aromatic heterocycles. The monoisotopic (exact) mass is 448 g/mol. The van der Waals surface area contributed by atoms with Gasteiger partial charge in [0.1, 0.15) is 0 Å². The first-order valence-electron chi connectivity index (χ1n) is 10.9. The van der Waals surface area contributed by atoms with Crippen LogP contribution in [0.4, 0.5) is 0 Å². The third-order valence-corrected chi connectivity index (χ3v) is 6.65. The largest absolute Gasteiger partial charge is 0.293 e. The lowest BCUT2D eigenvalue weighted by Crippen LogP contribution is -2.23. The molecule has 0 saturated carbocycles. The van der Waals surface area contributed by atoms with Gasteiger partial charge in [0.25, 0.3) is 5.56 Å². The summed E-state index contributed by atoms with van der Waals surface area (Å²) in [6.07, 6.45) is 0.808. The van der Waals surface area contributed by atoms with Gasteiger partial charge in [0, 0.05) is 12.1 Å². The smallest absolute Gasteiger partial charge is 0.262 e. The number of hydrogen-bond donors (Lipinski definition) is 0. The quantitative estimate of drug-likeness (QED) is 0.303. The van der Waals surface area contributed by atoms with Crippen LogP contribution in [0.3, 0.4) is 0 Å². The molecule has 2 aromatic carbocycles. The van der Waals surface area contributed by atoms with Crippen molar-refractivity contribution in [3.8, 4) is 0 Å². The Morgan fingerprint density at radius 2 is 1.75 bits per heavy atom. The normalized spacial score (nSPS) is 13.0. The molecule has 0 saturated heterocycles. The minimum Gasteiger partial charge on any atom is -0.293 e. The van der Waals surface area contributed by atoms with Gasteiger partial charge >= 0.3 is 0 Å². The lowest BCUT2D eigenvalue weighted by Gasteiger charge is -2.19. The molecule has 1 atom stereocenters. The molecule has 2 heterocycles. The summed E-state index contributed by atoms with van der Waals surface area (Å²) < 4.78 is 3.56. The van der Waals surface area contributed by atoms with E-state index < -0.39 is 0 Å². The molecule has 0 bridgehead atoms. The highest BCUT2D eigenvalue weighted by Crippen LogP contribution is 2.28. The molecule has 7 heteroatoms. The SMILES string of the molecule is CCCn1c(=O)c2ccccc2n2c(SC(C)C(=O)c3ccc(C(C)(C)C)cc3)nnc12. The summed E-state index contributed by atoms with van der Waals surface area (Å²) in [7, 11) is 0. The predicted octanol–water partition coefficient (Wildman–Crippen LogP) is 5.12. The number of Topliss-reactive ketones (excluding diaryl/α,β-unsaturated/α-hetero) is 1. The summed E-state index contributed by atoms with van der Waals surface area (Å²) in [6.45, 7) is 10.9. The Morgan fingerprint density at radius 1 is 1.06 bits per heavy atom. The molecule has 1 unspecified atom stereocenters. The number of thioether (sulfide) groups is 1. The minimum absolute atomic E-state index is 0.0394. The van der Waals surface area contributed by atoms with Crippen molar-refractivity contribution in [1.29, 1.82) is 0 Å². The Hall–Kier alpha value is -2.93. The van der Waals surface area contributed by atoms with Gasteiger partial charge in [0.15, 0.2) is 10.9 Å². The van der Waals surface area contributed by atoms with Crippen LogP contribution in [0.5, 0.6) is 0 Å². The standard InChI is InChI=1S/C25H28N4O2S/c1-6-15-28-22(31)19-9-7-8-10-20(19)29-23(28)26-27-24(29)32-16(2)21(30)17-11-13-18(14-12-17)25(3,4)5/h7-14,16H,6,15H2,1-5H3. The van der Waals surface area contributed by atoms with E-state index in [1.54, 1.807) is 4.57 Å². The molecule has 0 N–H and O–H groups in total. The second kappa shape index (κ2) is 8.54. The van der Waals surface area contributed by atoms with Crippen LogP contribution >= 0.6 is 11.8 Å². The van der Waals surface area contributed by atoms with E-state index in [9.17, 15) is 9.59 Å².